The highest BCUT2D eigenvalue weighted by atomic mass is 16.3. The lowest BCUT2D eigenvalue weighted by Crippen LogP contribution is -2.56. The zero-order valence-corrected chi connectivity index (χ0v) is 12.7. The molecular formula is C18H26N2O. The van der Waals surface area contributed by atoms with Crippen molar-refractivity contribution in [3.05, 3.63) is 43.0 Å². The van der Waals surface area contributed by atoms with E-state index in [-0.39, 0.29) is 0 Å². The normalized spacial score (nSPS) is 30.5. The second kappa shape index (κ2) is 6.20. The van der Waals surface area contributed by atoms with Gasteiger partial charge in [-0.2, -0.15) is 0 Å². The van der Waals surface area contributed by atoms with Gasteiger partial charge in [-0.15, -0.1) is 6.58 Å². The molecule has 1 saturated heterocycles. The van der Waals surface area contributed by atoms with E-state index < -0.39 is 5.60 Å². The molecule has 0 radical (unpaired) electrons. The molecule has 1 aromatic carbocycles. The molecule has 1 heterocycles. The van der Waals surface area contributed by atoms with E-state index in [1.54, 1.807) is 0 Å². The zero-order chi connectivity index (χ0) is 14.7. The molecule has 2 aliphatic rings. The van der Waals surface area contributed by atoms with Crippen LogP contribution in [0.25, 0.3) is 0 Å². The van der Waals surface area contributed by atoms with Gasteiger partial charge >= 0.3 is 0 Å². The van der Waals surface area contributed by atoms with Gasteiger partial charge in [0.05, 0.1) is 5.60 Å². The first-order valence-electron chi connectivity index (χ1n) is 8.10. The molecule has 1 saturated carbocycles. The number of piperazine rings is 1. The second-order valence-electron chi connectivity index (χ2n) is 6.36. The van der Waals surface area contributed by atoms with Crippen LogP contribution in [0.15, 0.2) is 43.0 Å². The summed E-state index contributed by atoms with van der Waals surface area (Å²) in [6.07, 6.45) is 5.77. The standard InChI is InChI=1S/C18H26N2O/c1-2-10-18(21)11-6-9-17(18)20-14-12-19(13-15-20)16-7-4-3-5-8-16/h2-5,7-8,17,21H,1,6,9-15H2/t17-,18+/m0/s1. The molecule has 21 heavy (non-hydrogen) atoms. The SMILES string of the molecule is C=CC[C@@]1(O)CCC[C@@H]1N1CCN(c2ccccc2)CC1. The number of nitrogens with zero attached hydrogens (tertiary/aromatic N) is 2. The average molecular weight is 286 g/mol. The van der Waals surface area contributed by atoms with Gasteiger partial charge in [-0.25, -0.2) is 0 Å². The van der Waals surface area contributed by atoms with Crippen molar-refractivity contribution < 1.29 is 5.11 Å². The minimum absolute atomic E-state index is 0.313. The molecule has 0 bridgehead atoms. The van der Waals surface area contributed by atoms with Crippen molar-refractivity contribution in [1.29, 1.82) is 0 Å². The van der Waals surface area contributed by atoms with Crippen LogP contribution in [0.5, 0.6) is 0 Å². The lowest BCUT2D eigenvalue weighted by molar-refractivity contribution is -0.0272. The van der Waals surface area contributed by atoms with E-state index in [1.165, 1.54) is 5.69 Å². The third-order valence-electron chi connectivity index (χ3n) is 5.08. The lowest BCUT2D eigenvalue weighted by Gasteiger charge is -2.43. The lowest BCUT2D eigenvalue weighted by atomic mass is 9.92. The number of hydrogen-bond donors (Lipinski definition) is 1. The van der Waals surface area contributed by atoms with Crippen molar-refractivity contribution in [2.75, 3.05) is 31.1 Å². The molecule has 0 unspecified atom stereocenters. The Balaban J connectivity index is 1.62. The first kappa shape index (κ1) is 14.6. The summed E-state index contributed by atoms with van der Waals surface area (Å²) in [5.74, 6) is 0. The Hall–Kier alpha value is -1.32. The molecule has 3 nitrogen and oxygen atoms in total. The fourth-order valence-electron chi connectivity index (χ4n) is 3.98. The van der Waals surface area contributed by atoms with Gasteiger partial charge in [0.2, 0.25) is 0 Å². The van der Waals surface area contributed by atoms with Crippen LogP contribution in [-0.4, -0.2) is 47.8 Å². The topological polar surface area (TPSA) is 26.7 Å². The molecule has 3 heteroatoms. The molecule has 114 valence electrons. The summed E-state index contributed by atoms with van der Waals surface area (Å²) >= 11 is 0. The van der Waals surface area contributed by atoms with Crippen molar-refractivity contribution >= 4 is 5.69 Å². The maximum absolute atomic E-state index is 10.9. The van der Waals surface area contributed by atoms with Crippen LogP contribution >= 0.6 is 0 Å². The fraction of sp³-hybridized carbons (Fsp3) is 0.556. The summed E-state index contributed by atoms with van der Waals surface area (Å²) in [5.41, 5.74) is 0.765. The fourth-order valence-corrected chi connectivity index (χ4v) is 3.98. The maximum atomic E-state index is 10.9. The van der Waals surface area contributed by atoms with E-state index in [0.717, 1.165) is 51.9 Å². The third kappa shape index (κ3) is 2.99. The number of anilines is 1. The first-order chi connectivity index (χ1) is 10.2. The Labute approximate surface area is 127 Å². The zero-order valence-electron chi connectivity index (χ0n) is 12.7. The molecule has 3 rings (SSSR count). The number of rotatable bonds is 4. The molecule has 1 N–H and O–H groups in total. The van der Waals surface area contributed by atoms with E-state index in [1.807, 2.05) is 6.08 Å². The van der Waals surface area contributed by atoms with Gasteiger partial charge < -0.3 is 10.0 Å². The van der Waals surface area contributed by atoms with Crippen LogP contribution < -0.4 is 4.90 Å². The summed E-state index contributed by atoms with van der Waals surface area (Å²) in [5, 5.41) is 10.9. The van der Waals surface area contributed by atoms with Gasteiger partial charge in [0.25, 0.3) is 0 Å². The van der Waals surface area contributed by atoms with Gasteiger partial charge in [-0.1, -0.05) is 24.3 Å². The minimum atomic E-state index is -0.545. The van der Waals surface area contributed by atoms with Crippen LogP contribution in [0.4, 0.5) is 5.69 Å². The van der Waals surface area contributed by atoms with Gasteiger partial charge in [0.15, 0.2) is 0 Å². The van der Waals surface area contributed by atoms with E-state index in [4.69, 9.17) is 0 Å². The Morgan fingerprint density at radius 3 is 2.57 bits per heavy atom. The van der Waals surface area contributed by atoms with Crippen molar-refractivity contribution in [3.63, 3.8) is 0 Å². The first-order valence-corrected chi connectivity index (χ1v) is 8.10. The van der Waals surface area contributed by atoms with Gasteiger partial charge in [-0.05, 0) is 37.8 Å². The molecule has 2 atom stereocenters. The van der Waals surface area contributed by atoms with E-state index >= 15 is 0 Å². The van der Waals surface area contributed by atoms with Crippen molar-refractivity contribution in [2.24, 2.45) is 0 Å². The second-order valence-corrected chi connectivity index (χ2v) is 6.36. The molecule has 2 fully saturated rings. The number of hydrogen-bond acceptors (Lipinski definition) is 3. The summed E-state index contributed by atoms with van der Waals surface area (Å²) in [6, 6.07) is 10.9. The summed E-state index contributed by atoms with van der Waals surface area (Å²) in [7, 11) is 0. The monoisotopic (exact) mass is 286 g/mol. The van der Waals surface area contributed by atoms with Gasteiger partial charge in [0, 0.05) is 37.9 Å². The van der Waals surface area contributed by atoms with E-state index in [0.29, 0.717) is 6.04 Å². The highest BCUT2D eigenvalue weighted by molar-refractivity contribution is 5.46. The van der Waals surface area contributed by atoms with Gasteiger partial charge in [-0.3, -0.25) is 4.90 Å². The van der Waals surface area contributed by atoms with Crippen molar-refractivity contribution in [3.8, 4) is 0 Å². The summed E-state index contributed by atoms with van der Waals surface area (Å²) < 4.78 is 0. The van der Waals surface area contributed by atoms with Crippen LogP contribution in [-0.2, 0) is 0 Å². The molecule has 1 aliphatic heterocycles. The Morgan fingerprint density at radius 2 is 1.90 bits per heavy atom. The number of para-hydroxylation sites is 1. The van der Waals surface area contributed by atoms with Crippen LogP contribution in [0.3, 0.4) is 0 Å². The van der Waals surface area contributed by atoms with Crippen LogP contribution in [0, 0.1) is 0 Å². The van der Waals surface area contributed by atoms with E-state index in [9.17, 15) is 5.11 Å². The molecule has 0 spiro atoms. The maximum Gasteiger partial charge on any atom is 0.0836 e. The van der Waals surface area contributed by atoms with Crippen LogP contribution in [0.2, 0.25) is 0 Å². The smallest absolute Gasteiger partial charge is 0.0836 e. The summed E-state index contributed by atoms with van der Waals surface area (Å²) in [6.45, 7) is 7.99. The average Bonchev–Trinajstić information content (AvgIpc) is 2.90. The highest BCUT2D eigenvalue weighted by Crippen LogP contribution is 2.37. The van der Waals surface area contributed by atoms with Gasteiger partial charge in [0.1, 0.15) is 0 Å². The summed E-state index contributed by atoms with van der Waals surface area (Å²) in [4.78, 5) is 4.94. The third-order valence-corrected chi connectivity index (χ3v) is 5.08. The largest absolute Gasteiger partial charge is 0.388 e. The Morgan fingerprint density at radius 1 is 1.19 bits per heavy atom. The Kier molecular flexibility index (Phi) is 4.32. The highest BCUT2D eigenvalue weighted by Gasteiger charge is 2.43. The van der Waals surface area contributed by atoms with Crippen molar-refractivity contribution in [1.82, 2.24) is 4.90 Å². The molecule has 0 aromatic heterocycles. The molecule has 1 aromatic rings. The molecule has 0 amide bonds. The van der Waals surface area contributed by atoms with Crippen molar-refractivity contribution in [2.45, 2.75) is 37.3 Å². The number of aliphatic hydroxyl groups is 1. The molecule has 1 aliphatic carbocycles. The quantitative estimate of drug-likeness (QED) is 0.862. The van der Waals surface area contributed by atoms with Crippen LogP contribution in [0.1, 0.15) is 25.7 Å². The number of benzene rings is 1. The van der Waals surface area contributed by atoms with E-state index in [2.05, 4.69) is 46.7 Å². The Bertz CT molecular complexity index is 467. The minimum Gasteiger partial charge on any atom is -0.388 e. The molecular weight excluding hydrogens is 260 g/mol. The predicted molar refractivity (Wildman–Crippen MR) is 87.6 cm³/mol. The predicted octanol–water partition coefficient (Wildman–Crippen LogP) is 2.67.